The lowest BCUT2D eigenvalue weighted by molar-refractivity contribution is 0.691. The van der Waals surface area contributed by atoms with Crippen LogP contribution in [0.1, 0.15) is 16.5 Å². The average molecular weight is 253 g/mol. The predicted octanol–water partition coefficient (Wildman–Crippen LogP) is 3.08. The van der Waals surface area contributed by atoms with Crippen molar-refractivity contribution < 1.29 is 0 Å². The van der Waals surface area contributed by atoms with Gasteiger partial charge in [-0.1, -0.05) is 29.8 Å². The van der Waals surface area contributed by atoms with E-state index >= 15 is 0 Å². The van der Waals surface area contributed by atoms with E-state index in [1.807, 2.05) is 35.8 Å². The zero-order valence-electron chi connectivity index (χ0n) is 8.77. The Bertz CT molecular complexity index is 442. The summed E-state index contributed by atoms with van der Waals surface area (Å²) in [5, 5.41) is 3.88. The maximum absolute atomic E-state index is 6.17. The van der Waals surface area contributed by atoms with Gasteiger partial charge in [0.25, 0.3) is 0 Å². The molecule has 84 valence electrons. The van der Waals surface area contributed by atoms with Crippen molar-refractivity contribution in [2.24, 2.45) is 5.73 Å². The highest BCUT2D eigenvalue weighted by atomic mass is 35.5. The number of halogens is 1. The number of hydrogen-bond donors (Lipinski definition) is 1. The zero-order chi connectivity index (χ0) is 11.4. The summed E-state index contributed by atoms with van der Waals surface area (Å²) in [7, 11) is 0. The Hall–Kier alpha value is -0.900. The van der Waals surface area contributed by atoms with Crippen molar-refractivity contribution in [3.05, 3.63) is 51.4 Å². The molecule has 0 aliphatic rings. The Labute approximate surface area is 104 Å². The van der Waals surface area contributed by atoms with E-state index in [1.165, 1.54) is 0 Å². The molecule has 2 aromatic rings. The summed E-state index contributed by atoms with van der Waals surface area (Å²) < 4.78 is 0. The van der Waals surface area contributed by atoms with Crippen LogP contribution in [-0.2, 0) is 6.42 Å². The average Bonchev–Trinajstić information content (AvgIpc) is 2.80. The highest BCUT2D eigenvalue weighted by Gasteiger charge is 2.14. The monoisotopic (exact) mass is 252 g/mol. The molecule has 0 aliphatic heterocycles. The molecule has 0 fully saturated rings. The summed E-state index contributed by atoms with van der Waals surface area (Å²) in [4.78, 5) is 4.28. The molecule has 1 unspecified atom stereocenters. The van der Waals surface area contributed by atoms with Gasteiger partial charge in [0.1, 0.15) is 0 Å². The topological polar surface area (TPSA) is 38.9 Å². The van der Waals surface area contributed by atoms with Gasteiger partial charge < -0.3 is 5.73 Å². The Morgan fingerprint density at radius 2 is 2.19 bits per heavy atom. The molecule has 0 aliphatic carbocycles. The molecule has 0 bridgehead atoms. The molecule has 0 saturated heterocycles. The minimum atomic E-state index is 0.250. The first-order valence-electron chi connectivity index (χ1n) is 5.14. The predicted molar refractivity (Wildman–Crippen MR) is 69.1 cm³/mol. The van der Waals surface area contributed by atoms with Crippen molar-refractivity contribution in [3.63, 3.8) is 0 Å². The van der Waals surface area contributed by atoms with Crippen LogP contribution in [0.2, 0.25) is 5.02 Å². The molecule has 1 heterocycles. The number of benzene rings is 1. The molecule has 2 nitrogen and oxygen atoms in total. The van der Waals surface area contributed by atoms with E-state index < -0.39 is 0 Å². The normalized spacial score (nSPS) is 12.6. The largest absolute Gasteiger partial charge is 0.330 e. The highest BCUT2D eigenvalue weighted by molar-refractivity contribution is 7.09. The number of hydrogen-bond acceptors (Lipinski definition) is 3. The SMILES string of the molecule is NCC(Cc1nccs1)c1ccccc1Cl. The van der Waals surface area contributed by atoms with Crippen LogP contribution < -0.4 is 5.73 Å². The van der Waals surface area contributed by atoms with Crippen LogP contribution in [0, 0.1) is 0 Å². The third-order valence-electron chi connectivity index (χ3n) is 2.53. The third kappa shape index (κ3) is 2.61. The van der Waals surface area contributed by atoms with Gasteiger partial charge in [-0.25, -0.2) is 4.98 Å². The van der Waals surface area contributed by atoms with Gasteiger partial charge in [-0.2, -0.15) is 0 Å². The van der Waals surface area contributed by atoms with E-state index in [-0.39, 0.29) is 5.92 Å². The van der Waals surface area contributed by atoms with E-state index in [1.54, 1.807) is 11.3 Å². The highest BCUT2D eigenvalue weighted by Crippen LogP contribution is 2.27. The summed E-state index contributed by atoms with van der Waals surface area (Å²) in [5.74, 6) is 0.250. The van der Waals surface area contributed by atoms with Gasteiger partial charge >= 0.3 is 0 Å². The van der Waals surface area contributed by atoms with E-state index in [9.17, 15) is 0 Å². The molecule has 1 aromatic carbocycles. The first-order valence-corrected chi connectivity index (χ1v) is 6.40. The Morgan fingerprint density at radius 3 is 2.81 bits per heavy atom. The molecule has 1 aromatic heterocycles. The minimum Gasteiger partial charge on any atom is -0.330 e. The number of aromatic nitrogens is 1. The van der Waals surface area contributed by atoms with Gasteiger partial charge in [0.2, 0.25) is 0 Å². The lowest BCUT2D eigenvalue weighted by atomic mass is 9.96. The fraction of sp³-hybridized carbons (Fsp3) is 0.250. The van der Waals surface area contributed by atoms with E-state index in [4.69, 9.17) is 17.3 Å². The maximum atomic E-state index is 6.17. The van der Waals surface area contributed by atoms with Gasteiger partial charge in [-0.05, 0) is 18.2 Å². The first-order chi connectivity index (χ1) is 7.81. The number of thiazole rings is 1. The van der Waals surface area contributed by atoms with Crippen molar-refractivity contribution in [2.75, 3.05) is 6.54 Å². The van der Waals surface area contributed by atoms with Crippen LogP contribution in [0.4, 0.5) is 0 Å². The Balaban J connectivity index is 2.20. The van der Waals surface area contributed by atoms with Crippen molar-refractivity contribution in [1.82, 2.24) is 4.98 Å². The standard InChI is InChI=1S/C12H13ClN2S/c13-11-4-2-1-3-10(11)9(8-14)7-12-15-5-6-16-12/h1-6,9H,7-8,14H2. The molecule has 0 saturated carbocycles. The van der Waals surface area contributed by atoms with Crippen molar-refractivity contribution in [2.45, 2.75) is 12.3 Å². The fourth-order valence-electron chi connectivity index (χ4n) is 1.69. The first kappa shape index (κ1) is 11.6. The third-order valence-corrected chi connectivity index (χ3v) is 3.68. The summed E-state index contributed by atoms with van der Waals surface area (Å²) in [6.45, 7) is 0.587. The second-order valence-corrected chi connectivity index (χ2v) is 4.97. The van der Waals surface area contributed by atoms with Crippen LogP contribution in [0.15, 0.2) is 35.8 Å². The molecule has 0 spiro atoms. The number of nitrogens with two attached hydrogens (primary N) is 1. The zero-order valence-corrected chi connectivity index (χ0v) is 10.3. The fourth-order valence-corrected chi connectivity index (χ4v) is 2.68. The van der Waals surface area contributed by atoms with Gasteiger partial charge in [-0.3, -0.25) is 0 Å². The molecule has 16 heavy (non-hydrogen) atoms. The van der Waals surface area contributed by atoms with E-state index in [0.29, 0.717) is 6.54 Å². The molecule has 0 radical (unpaired) electrons. The summed E-state index contributed by atoms with van der Waals surface area (Å²) in [6, 6.07) is 7.86. The van der Waals surface area contributed by atoms with Gasteiger partial charge in [0.05, 0.1) is 5.01 Å². The van der Waals surface area contributed by atoms with Crippen molar-refractivity contribution in [1.29, 1.82) is 0 Å². The molecular formula is C12H13ClN2S. The summed E-state index contributed by atoms with van der Waals surface area (Å²) in [5.41, 5.74) is 6.92. The van der Waals surface area contributed by atoms with Gasteiger partial charge in [0, 0.05) is 28.9 Å². The smallest absolute Gasteiger partial charge is 0.0931 e. The van der Waals surface area contributed by atoms with Crippen LogP contribution in [0.3, 0.4) is 0 Å². The Kier molecular flexibility index (Phi) is 3.93. The second-order valence-electron chi connectivity index (χ2n) is 3.58. The number of rotatable bonds is 4. The Morgan fingerprint density at radius 1 is 1.38 bits per heavy atom. The van der Waals surface area contributed by atoms with E-state index in [0.717, 1.165) is 22.0 Å². The molecular weight excluding hydrogens is 240 g/mol. The van der Waals surface area contributed by atoms with Crippen molar-refractivity contribution >= 4 is 22.9 Å². The summed E-state index contributed by atoms with van der Waals surface area (Å²) in [6.07, 6.45) is 2.68. The van der Waals surface area contributed by atoms with E-state index in [2.05, 4.69) is 4.98 Å². The second kappa shape index (κ2) is 5.43. The minimum absolute atomic E-state index is 0.250. The maximum Gasteiger partial charge on any atom is 0.0931 e. The molecule has 2 N–H and O–H groups in total. The molecule has 0 amide bonds. The lowest BCUT2D eigenvalue weighted by Gasteiger charge is -2.15. The quantitative estimate of drug-likeness (QED) is 0.908. The number of nitrogens with zero attached hydrogens (tertiary/aromatic N) is 1. The molecule has 4 heteroatoms. The molecule has 2 rings (SSSR count). The van der Waals surface area contributed by atoms with Crippen molar-refractivity contribution in [3.8, 4) is 0 Å². The summed E-state index contributed by atoms with van der Waals surface area (Å²) >= 11 is 7.82. The van der Waals surface area contributed by atoms with Gasteiger partial charge in [-0.15, -0.1) is 11.3 Å². The lowest BCUT2D eigenvalue weighted by Crippen LogP contribution is -2.15. The van der Waals surface area contributed by atoms with Crippen LogP contribution >= 0.6 is 22.9 Å². The molecule has 1 atom stereocenters. The van der Waals surface area contributed by atoms with Crippen LogP contribution in [0.25, 0.3) is 0 Å². The van der Waals surface area contributed by atoms with Crippen LogP contribution in [-0.4, -0.2) is 11.5 Å². The van der Waals surface area contributed by atoms with Crippen LogP contribution in [0.5, 0.6) is 0 Å². The van der Waals surface area contributed by atoms with Gasteiger partial charge in [0.15, 0.2) is 0 Å².